The molecule has 2 aromatic rings. The summed E-state index contributed by atoms with van der Waals surface area (Å²) in [5.74, 6) is 2.83. The van der Waals surface area contributed by atoms with Gasteiger partial charge in [0.2, 0.25) is 5.91 Å². The third-order valence-corrected chi connectivity index (χ3v) is 5.60. The third-order valence-electron chi connectivity index (χ3n) is 5.60. The van der Waals surface area contributed by atoms with E-state index in [0.29, 0.717) is 24.9 Å². The summed E-state index contributed by atoms with van der Waals surface area (Å²) in [6.07, 6.45) is 6.56. The van der Waals surface area contributed by atoms with E-state index in [1.54, 1.807) is 7.11 Å². The summed E-state index contributed by atoms with van der Waals surface area (Å²) in [6.45, 7) is 7.35. The smallest absolute Gasteiger partial charge is 0.222 e. The summed E-state index contributed by atoms with van der Waals surface area (Å²) >= 11 is 0. The lowest BCUT2D eigenvalue weighted by Crippen LogP contribution is -2.31. The van der Waals surface area contributed by atoms with Gasteiger partial charge in [-0.2, -0.15) is 0 Å². The Morgan fingerprint density at radius 3 is 2.69 bits per heavy atom. The molecule has 2 aromatic heterocycles. The number of carbonyl (C=O) groups is 1. The summed E-state index contributed by atoms with van der Waals surface area (Å²) < 4.78 is 10.5. The van der Waals surface area contributed by atoms with Crippen molar-refractivity contribution in [3.05, 3.63) is 29.5 Å². The van der Waals surface area contributed by atoms with Gasteiger partial charge in [0, 0.05) is 44.2 Å². The molecule has 0 atom stereocenters. The van der Waals surface area contributed by atoms with Crippen LogP contribution in [-0.4, -0.2) is 41.3 Å². The van der Waals surface area contributed by atoms with Crippen molar-refractivity contribution in [3.63, 3.8) is 0 Å². The van der Waals surface area contributed by atoms with Crippen molar-refractivity contribution >= 4 is 5.91 Å². The monoisotopic (exact) mass is 400 g/mol. The Labute approximate surface area is 172 Å². The van der Waals surface area contributed by atoms with Gasteiger partial charge >= 0.3 is 0 Å². The number of methoxy groups -OCH3 is 1. The van der Waals surface area contributed by atoms with E-state index in [9.17, 15) is 4.79 Å². The molecule has 7 heteroatoms. The standard InChI is InChI=1S/C22H32N4O3/c1-14(2)22-24-13-18(19-11-15(3)26-29-19)21(25-22)17-7-5-16(6-8-17)12-23-20(27)9-10-28-4/h11,13-14,16-17H,5-10,12H2,1-4H3,(H,23,27). The van der Waals surface area contributed by atoms with E-state index in [1.165, 1.54) is 0 Å². The number of nitrogens with zero attached hydrogens (tertiary/aromatic N) is 3. The van der Waals surface area contributed by atoms with Crippen molar-refractivity contribution in [3.8, 4) is 11.3 Å². The molecule has 0 aliphatic heterocycles. The minimum absolute atomic E-state index is 0.0642. The molecule has 29 heavy (non-hydrogen) atoms. The second kappa shape index (κ2) is 9.96. The van der Waals surface area contributed by atoms with Gasteiger partial charge in [0.05, 0.1) is 23.6 Å². The van der Waals surface area contributed by atoms with Gasteiger partial charge in [-0.3, -0.25) is 4.79 Å². The second-order valence-electron chi connectivity index (χ2n) is 8.28. The molecule has 0 saturated heterocycles. The molecule has 0 aromatic carbocycles. The SMILES string of the molecule is COCCC(=O)NCC1CCC(c2nc(C(C)C)ncc2-c2cc(C)no2)CC1. The van der Waals surface area contributed by atoms with Crippen molar-refractivity contribution < 1.29 is 14.1 Å². The number of rotatable bonds is 8. The zero-order chi connectivity index (χ0) is 20.8. The molecular weight excluding hydrogens is 368 g/mol. The van der Waals surface area contributed by atoms with Crippen LogP contribution in [0.4, 0.5) is 0 Å². The van der Waals surface area contributed by atoms with E-state index in [0.717, 1.165) is 60.8 Å². The van der Waals surface area contributed by atoms with Crippen molar-refractivity contribution in [2.45, 2.75) is 64.7 Å². The molecular formula is C22H32N4O3. The zero-order valence-corrected chi connectivity index (χ0v) is 17.9. The Kier molecular flexibility index (Phi) is 7.36. The number of carbonyl (C=O) groups excluding carboxylic acids is 1. The number of aromatic nitrogens is 3. The highest BCUT2D eigenvalue weighted by molar-refractivity contribution is 5.75. The van der Waals surface area contributed by atoms with Crippen LogP contribution < -0.4 is 5.32 Å². The van der Waals surface area contributed by atoms with Crippen molar-refractivity contribution in [2.24, 2.45) is 5.92 Å². The highest BCUT2D eigenvalue weighted by Gasteiger charge is 2.27. The van der Waals surface area contributed by atoms with Crippen LogP contribution in [0.25, 0.3) is 11.3 Å². The van der Waals surface area contributed by atoms with E-state index in [4.69, 9.17) is 14.2 Å². The Hall–Kier alpha value is -2.28. The summed E-state index contributed by atoms with van der Waals surface area (Å²) in [6, 6.07) is 1.94. The molecule has 3 rings (SSSR count). The fourth-order valence-electron chi connectivity index (χ4n) is 3.86. The van der Waals surface area contributed by atoms with Gasteiger partial charge in [-0.15, -0.1) is 0 Å². The molecule has 1 aliphatic rings. The zero-order valence-electron chi connectivity index (χ0n) is 17.9. The van der Waals surface area contributed by atoms with E-state index in [-0.39, 0.29) is 11.8 Å². The van der Waals surface area contributed by atoms with Gasteiger partial charge in [0.15, 0.2) is 5.76 Å². The molecule has 1 N–H and O–H groups in total. The molecule has 1 aliphatic carbocycles. The molecule has 7 nitrogen and oxygen atoms in total. The van der Waals surface area contributed by atoms with Crippen molar-refractivity contribution in [2.75, 3.05) is 20.3 Å². The van der Waals surface area contributed by atoms with Crippen molar-refractivity contribution in [1.29, 1.82) is 0 Å². The number of ether oxygens (including phenoxy) is 1. The van der Waals surface area contributed by atoms with Gasteiger partial charge in [-0.05, 0) is 38.5 Å². The molecule has 1 fully saturated rings. The molecule has 0 unspecified atom stereocenters. The van der Waals surface area contributed by atoms with Crippen molar-refractivity contribution in [1.82, 2.24) is 20.4 Å². The number of hydrogen-bond acceptors (Lipinski definition) is 6. The van der Waals surface area contributed by atoms with Gasteiger partial charge in [0.1, 0.15) is 5.82 Å². The molecule has 0 spiro atoms. The van der Waals surface area contributed by atoms with E-state index in [1.807, 2.05) is 19.2 Å². The lowest BCUT2D eigenvalue weighted by Gasteiger charge is -2.29. The molecule has 2 heterocycles. The Morgan fingerprint density at radius 1 is 1.31 bits per heavy atom. The normalized spacial score (nSPS) is 19.5. The first-order chi connectivity index (χ1) is 14.0. The van der Waals surface area contributed by atoms with Crippen LogP contribution in [0.3, 0.4) is 0 Å². The number of nitrogens with one attached hydrogen (secondary N) is 1. The lowest BCUT2D eigenvalue weighted by molar-refractivity contribution is -0.122. The molecule has 0 radical (unpaired) electrons. The molecule has 1 saturated carbocycles. The largest absolute Gasteiger partial charge is 0.384 e. The predicted molar refractivity (Wildman–Crippen MR) is 111 cm³/mol. The average molecular weight is 401 g/mol. The van der Waals surface area contributed by atoms with Gasteiger partial charge < -0.3 is 14.6 Å². The maximum absolute atomic E-state index is 11.8. The van der Waals surface area contributed by atoms with Gasteiger partial charge in [-0.25, -0.2) is 9.97 Å². The summed E-state index contributed by atoms with van der Waals surface area (Å²) in [4.78, 5) is 21.3. The summed E-state index contributed by atoms with van der Waals surface area (Å²) in [5.41, 5.74) is 2.88. The molecule has 0 bridgehead atoms. The fourth-order valence-corrected chi connectivity index (χ4v) is 3.86. The first kappa shape index (κ1) is 21.4. The summed E-state index contributed by atoms with van der Waals surface area (Å²) in [5, 5.41) is 7.07. The Bertz CT molecular complexity index is 810. The quantitative estimate of drug-likeness (QED) is 0.720. The molecule has 1 amide bonds. The Balaban J connectivity index is 1.67. The minimum atomic E-state index is 0.0642. The van der Waals surface area contributed by atoms with Crippen LogP contribution in [0.5, 0.6) is 0 Å². The van der Waals surface area contributed by atoms with Crippen LogP contribution in [-0.2, 0) is 9.53 Å². The van der Waals surface area contributed by atoms with Crippen LogP contribution in [0.15, 0.2) is 16.8 Å². The predicted octanol–water partition coefficient (Wildman–Crippen LogP) is 3.99. The van der Waals surface area contributed by atoms with E-state index < -0.39 is 0 Å². The highest BCUT2D eigenvalue weighted by Crippen LogP contribution is 2.39. The van der Waals surface area contributed by atoms with E-state index in [2.05, 4.69) is 29.3 Å². The average Bonchev–Trinajstić information content (AvgIpc) is 3.16. The van der Waals surface area contributed by atoms with E-state index >= 15 is 0 Å². The van der Waals surface area contributed by atoms with Crippen LogP contribution >= 0.6 is 0 Å². The second-order valence-corrected chi connectivity index (χ2v) is 8.28. The number of amides is 1. The van der Waals surface area contributed by atoms with Crippen LogP contribution in [0, 0.1) is 12.8 Å². The first-order valence-corrected chi connectivity index (χ1v) is 10.5. The number of aryl methyl sites for hydroxylation is 1. The summed E-state index contributed by atoms with van der Waals surface area (Å²) in [7, 11) is 1.61. The number of hydrogen-bond donors (Lipinski definition) is 1. The molecule has 158 valence electrons. The maximum atomic E-state index is 11.8. The lowest BCUT2D eigenvalue weighted by atomic mass is 9.79. The topological polar surface area (TPSA) is 90.1 Å². The first-order valence-electron chi connectivity index (χ1n) is 10.5. The van der Waals surface area contributed by atoms with Crippen LogP contribution in [0.2, 0.25) is 0 Å². The Morgan fingerprint density at radius 2 is 2.07 bits per heavy atom. The highest BCUT2D eigenvalue weighted by atomic mass is 16.5. The fraction of sp³-hybridized carbons (Fsp3) is 0.636. The maximum Gasteiger partial charge on any atom is 0.222 e. The third kappa shape index (κ3) is 5.63. The minimum Gasteiger partial charge on any atom is -0.384 e. The van der Waals surface area contributed by atoms with Gasteiger partial charge in [-0.1, -0.05) is 19.0 Å². The van der Waals surface area contributed by atoms with Crippen LogP contribution in [0.1, 0.15) is 75.0 Å². The van der Waals surface area contributed by atoms with Gasteiger partial charge in [0.25, 0.3) is 0 Å².